The van der Waals surface area contributed by atoms with Gasteiger partial charge in [0.1, 0.15) is 19.0 Å². The molecule has 32 heavy (non-hydrogen) atoms. The van der Waals surface area contributed by atoms with Crippen molar-refractivity contribution in [1.82, 2.24) is 15.2 Å². The molecule has 0 saturated carbocycles. The third-order valence-electron chi connectivity index (χ3n) is 5.66. The summed E-state index contributed by atoms with van der Waals surface area (Å²) in [6.07, 6.45) is 3.88. The van der Waals surface area contributed by atoms with Crippen molar-refractivity contribution in [2.75, 3.05) is 26.4 Å². The minimum atomic E-state index is -0.166. The molecule has 2 aliphatic rings. The molecule has 0 radical (unpaired) electrons. The molecule has 1 aromatic carbocycles. The van der Waals surface area contributed by atoms with Gasteiger partial charge in [0.15, 0.2) is 16.6 Å². The van der Waals surface area contributed by atoms with Crippen molar-refractivity contribution in [3.05, 3.63) is 58.3 Å². The van der Waals surface area contributed by atoms with Crippen LogP contribution in [-0.4, -0.2) is 47.5 Å². The molecule has 2 N–H and O–H groups in total. The van der Waals surface area contributed by atoms with Gasteiger partial charge in [-0.25, -0.2) is 0 Å². The van der Waals surface area contributed by atoms with Crippen molar-refractivity contribution < 1.29 is 18.6 Å². The second kappa shape index (κ2) is 9.22. The predicted molar refractivity (Wildman–Crippen MR) is 123 cm³/mol. The van der Waals surface area contributed by atoms with E-state index < -0.39 is 0 Å². The Morgan fingerprint density at radius 3 is 2.75 bits per heavy atom. The number of hydrogen-bond acceptors (Lipinski definition) is 6. The lowest BCUT2D eigenvalue weighted by molar-refractivity contribution is 0.113. The van der Waals surface area contributed by atoms with E-state index in [1.807, 2.05) is 35.2 Å². The third kappa shape index (κ3) is 4.58. The van der Waals surface area contributed by atoms with Gasteiger partial charge in [0.2, 0.25) is 0 Å². The Bertz CT molecular complexity index is 1150. The van der Waals surface area contributed by atoms with Crippen molar-refractivity contribution in [1.29, 1.82) is 0 Å². The van der Waals surface area contributed by atoms with Gasteiger partial charge in [0, 0.05) is 30.2 Å². The minimum absolute atomic E-state index is 0.163. The van der Waals surface area contributed by atoms with Gasteiger partial charge in [-0.05, 0) is 49.3 Å². The van der Waals surface area contributed by atoms with Crippen molar-refractivity contribution in [3.8, 4) is 11.5 Å². The Balaban J connectivity index is 1.39. The second-order valence-electron chi connectivity index (χ2n) is 7.96. The van der Waals surface area contributed by atoms with Crippen LogP contribution in [-0.2, 0) is 17.8 Å². The van der Waals surface area contributed by atoms with Crippen molar-refractivity contribution in [2.45, 2.75) is 32.0 Å². The number of nitrogens with zero attached hydrogens (tertiary/aromatic N) is 1. The summed E-state index contributed by atoms with van der Waals surface area (Å²) in [4.78, 5) is 17.8. The van der Waals surface area contributed by atoms with Gasteiger partial charge in [-0.1, -0.05) is 0 Å². The first-order valence-corrected chi connectivity index (χ1v) is 11.2. The number of H-pyrrole nitrogens is 1. The summed E-state index contributed by atoms with van der Waals surface area (Å²) in [5.41, 5.74) is 1.14. The number of aromatic nitrogens is 1. The molecule has 0 spiro atoms. The largest absolute Gasteiger partial charge is 0.486 e. The van der Waals surface area contributed by atoms with Crippen LogP contribution >= 0.6 is 12.2 Å². The van der Waals surface area contributed by atoms with Crippen molar-refractivity contribution in [3.63, 3.8) is 0 Å². The van der Waals surface area contributed by atoms with E-state index in [2.05, 4.69) is 10.3 Å². The molecule has 1 fully saturated rings. The number of pyridine rings is 1. The molecule has 9 heteroatoms. The Labute approximate surface area is 190 Å². The van der Waals surface area contributed by atoms with Crippen molar-refractivity contribution >= 4 is 28.2 Å². The molecule has 4 heterocycles. The Kier molecular flexibility index (Phi) is 6.00. The highest BCUT2D eigenvalue weighted by Gasteiger charge is 2.20. The monoisotopic (exact) mass is 455 g/mol. The van der Waals surface area contributed by atoms with Crippen LogP contribution in [0.2, 0.25) is 0 Å². The summed E-state index contributed by atoms with van der Waals surface area (Å²) >= 11 is 5.67. The minimum Gasteiger partial charge on any atom is -0.486 e. The van der Waals surface area contributed by atoms with Crippen LogP contribution in [0.25, 0.3) is 10.9 Å². The highest BCUT2D eigenvalue weighted by molar-refractivity contribution is 7.80. The third-order valence-corrected chi connectivity index (χ3v) is 6.07. The normalized spacial score (nSPS) is 17.4. The van der Waals surface area contributed by atoms with E-state index in [9.17, 15) is 4.79 Å². The highest BCUT2D eigenvalue weighted by Crippen LogP contribution is 2.33. The molecular formula is C23H25N3O5S. The van der Waals surface area contributed by atoms with Crippen LogP contribution in [0.5, 0.6) is 11.5 Å². The molecule has 0 unspecified atom stereocenters. The smallest absolute Gasteiger partial charge is 0.253 e. The lowest BCUT2D eigenvalue weighted by Crippen LogP contribution is -2.42. The summed E-state index contributed by atoms with van der Waals surface area (Å²) in [6.45, 7) is 3.22. The van der Waals surface area contributed by atoms with E-state index in [1.165, 1.54) is 0 Å². The van der Waals surface area contributed by atoms with Gasteiger partial charge in [0.25, 0.3) is 5.56 Å². The van der Waals surface area contributed by atoms with Crippen LogP contribution in [0.3, 0.4) is 0 Å². The molecule has 0 bridgehead atoms. The molecule has 0 aliphatic carbocycles. The standard InChI is InChI=1S/C23H25N3O5S/c27-22-16(9-15-10-20-21(11-19(15)25-22)31-8-7-30-20)13-26(14-18-4-2-6-29-18)23(32)24-12-17-3-1-5-28-17/h2,4,6,9-11,17H,1,3,5,7-8,12-14H2,(H,24,32)(H,25,27)/t17-/m1/s1. The number of benzene rings is 1. The zero-order valence-corrected chi connectivity index (χ0v) is 18.4. The molecular weight excluding hydrogens is 430 g/mol. The van der Waals surface area contributed by atoms with Gasteiger partial charge in [0.05, 0.1) is 31.0 Å². The molecule has 1 saturated heterocycles. The Hall–Kier alpha value is -3.04. The van der Waals surface area contributed by atoms with Gasteiger partial charge in [-0.2, -0.15) is 0 Å². The Morgan fingerprint density at radius 1 is 1.16 bits per heavy atom. The van der Waals surface area contributed by atoms with E-state index in [-0.39, 0.29) is 11.7 Å². The number of nitrogens with one attached hydrogen (secondary N) is 2. The molecule has 2 aliphatic heterocycles. The van der Waals surface area contributed by atoms with Gasteiger partial charge in [-0.15, -0.1) is 0 Å². The van der Waals surface area contributed by atoms with Crippen LogP contribution in [0, 0.1) is 0 Å². The molecule has 8 nitrogen and oxygen atoms in total. The number of aromatic amines is 1. The number of fused-ring (bicyclic) bond motifs is 2. The zero-order chi connectivity index (χ0) is 21.9. The molecule has 3 aromatic rings. The SMILES string of the molecule is O=c1[nH]c2cc3c(cc2cc1CN(Cc1ccco1)C(=S)NC[C@H]1CCCO1)OCCO3. The van der Waals surface area contributed by atoms with E-state index >= 15 is 0 Å². The maximum absolute atomic E-state index is 12.9. The lowest BCUT2D eigenvalue weighted by atomic mass is 10.1. The topological polar surface area (TPSA) is 89.0 Å². The lowest BCUT2D eigenvalue weighted by Gasteiger charge is -2.26. The summed E-state index contributed by atoms with van der Waals surface area (Å²) < 4.78 is 22.5. The Morgan fingerprint density at radius 2 is 2.00 bits per heavy atom. The van der Waals surface area contributed by atoms with E-state index in [0.717, 1.165) is 30.6 Å². The van der Waals surface area contributed by atoms with E-state index in [0.29, 0.717) is 60.5 Å². The molecule has 2 aromatic heterocycles. The second-order valence-corrected chi connectivity index (χ2v) is 8.35. The molecule has 168 valence electrons. The molecule has 5 rings (SSSR count). The van der Waals surface area contributed by atoms with Gasteiger partial charge < -0.3 is 33.8 Å². The van der Waals surface area contributed by atoms with E-state index in [1.54, 1.807) is 6.26 Å². The van der Waals surface area contributed by atoms with Crippen LogP contribution in [0.1, 0.15) is 24.2 Å². The quantitative estimate of drug-likeness (QED) is 0.549. The highest BCUT2D eigenvalue weighted by atomic mass is 32.1. The summed E-state index contributed by atoms with van der Waals surface area (Å²) in [6, 6.07) is 9.32. The molecule has 1 atom stereocenters. The van der Waals surface area contributed by atoms with Gasteiger partial charge >= 0.3 is 0 Å². The summed E-state index contributed by atoms with van der Waals surface area (Å²) in [5.74, 6) is 2.09. The number of thiocarbonyl (C=S) groups is 1. The first-order valence-electron chi connectivity index (χ1n) is 10.8. The fourth-order valence-corrected chi connectivity index (χ4v) is 4.23. The fraction of sp³-hybridized carbons (Fsp3) is 0.391. The number of rotatable bonds is 6. The first-order chi connectivity index (χ1) is 15.7. The maximum Gasteiger partial charge on any atom is 0.253 e. The number of furan rings is 1. The first kappa shape index (κ1) is 20.8. The number of ether oxygens (including phenoxy) is 3. The zero-order valence-electron chi connectivity index (χ0n) is 17.6. The summed E-state index contributed by atoms with van der Waals surface area (Å²) in [5, 5.41) is 4.73. The number of hydrogen-bond donors (Lipinski definition) is 2. The van der Waals surface area contributed by atoms with Gasteiger partial charge in [-0.3, -0.25) is 4.79 Å². The average Bonchev–Trinajstić information content (AvgIpc) is 3.50. The van der Waals surface area contributed by atoms with Crippen molar-refractivity contribution in [2.24, 2.45) is 0 Å². The summed E-state index contributed by atoms with van der Waals surface area (Å²) in [7, 11) is 0. The van der Waals surface area contributed by atoms with Crippen LogP contribution in [0.4, 0.5) is 0 Å². The fourth-order valence-electron chi connectivity index (χ4n) is 4.02. The maximum atomic E-state index is 12.9. The van der Waals surface area contributed by atoms with Crippen LogP contribution in [0.15, 0.2) is 45.8 Å². The predicted octanol–water partition coefficient (Wildman–Crippen LogP) is 2.95. The average molecular weight is 456 g/mol. The van der Waals surface area contributed by atoms with E-state index in [4.69, 9.17) is 30.8 Å². The molecule has 0 amide bonds. The van der Waals surface area contributed by atoms with Crippen LogP contribution < -0.4 is 20.3 Å².